The zero-order valence-electron chi connectivity index (χ0n) is 13.7. The van der Waals surface area contributed by atoms with Crippen LogP contribution in [-0.2, 0) is 4.74 Å². The Morgan fingerprint density at radius 2 is 1.62 bits per heavy atom. The fourth-order valence-corrected chi connectivity index (χ4v) is 2.81. The highest BCUT2D eigenvalue weighted by atomic mass is 16.5. The first-order valence-corrected chi connectivity index (χ1v) is 8.29. The van der Waals surface area contributed by atoms with E-state index in [0.717, 1.165) is 44.1 Å². The first-order chi connectivity index (χ1) is 11.8. The summed E-state index contributed by atoms with van der Waals surface area (Å²) >= 11 is 0. The fraction of sp³-hybridized carbons (Fsp3) is 0.316. The van der Waals surface area contributed by atoms with E-state index in [1.54, 1.807) is 0 Å². The Bertz CT molecular complexity index is 628. The molecule has 2 amide bonds. The second-order valence-electron chi connectivity index (χ2n) is 5.84. The molecule has 2 N–H and O–H groups in total. The lowest BCUT2D eigenvalue weighted by molar-refractivity contribution is 0.0340. The van der Waals surface area contributed by atoms with Gasteiger partial charge in [-0.2, -0.15) is 0 Å². The number of benzene rings is 2. The van der Waals surface area contributed by atoms with Crippen LogP contribution in [0.1, 0.15) is 11.6 Å². The molecule has 5 heteroatoms. The number of ether oxygens (including phenoxy) is 1. The first-order valence-electron chi connectivity index (χ1n) is 8.29. The SMILES string of the molecule is O=C(Nc1ccccc1)N[C@@H](CN1CCOCC1)c1ccccc1. The van der Waals surface area contributed by atoms with Crippen LogP contribution in [0.2, 0.25) is 0 Å². The maximum Gasteiger partial charge on any atom is 0.319 e. The van der Waals surface area contributed by atoms with Crippen molar-refractivity contribution in [2.24, 2.45) is 0 Å². The summed E-state index contributed by atoms with van der Waals surface area (Å²) in [6.45, 7) is 4.06. The van der Waals surface area contributed by atoms with E-state index in [4.69, 9.17) is 4.74 Å². The lowest BCUT2D eigenvalue weighted by Crippen LogP contribution is -2.44. The van der Waals surface area contributed by atoms with Gasteiger partial charge >= 0.3 is 6.03 Å². The van der Waals surface area contributed by atoms with Crippen molar-refractivity contribution in [1.29, 1.82) is 0 Å². The number of nitrogens with one attached hydrogen (secondary N) is 2. The molecule has 0 spiro atoms. The van der Waals surface area contributed by atoms with Crippen LogP contribution < -0.4 is 10.6 Å². The van der Waals surface area contributed by atoms with Gasteiger partial charge in [0.15, 0.2) is 0 Å². The lowest BCUT2D eigenvalue weighted by atomic mass is 10.1. The number of hydrogen-bond acceptors (Lipinski definition) is 3. The molecule has 0 aliphatic carbocycles. The number of nitrogens with zero attached hydrogens (tertiary/aromatic N) is 1. The molecule has 2 aromatic rings. The lowest BCUT2D eigenvalue weighted by Gasteiger charge is -2.31. The standard InChI is InChI=1S/C19H23N3O2/c23-19(20-17-9-5-2-6-10-17)21-18(16-7-3-1-4-8-16)15-22-11-13-24-14-12-22/h1-10,18H,11-15H2,(H2,20,21,23)/t18-/m0/s1. The summed E-state index contributed by atoms with van der Waals surface area (Å²) in [5.41, 5.74) is 1.89. The Morgan fingerprint density at radius 3 is 2.29 bits per heavy atom. The third-order valence-corrected chi connectivity index (χ3v) is 4.08. The summed E-state index contributed by atoms with van der Waals surface area (Å²) in [4.78, 5) is 14.7. The van der Waals surface area contributed by atoms with Crippen molar-refractivity contribution in [3.05, 3.63) is 66.2 Å². The van der Waals surface area contributed by atoms with Crippen molar-refractivity contribution in [1.82, 2.24) is 10.2 Å². The van der Waals surface area contributed by atoms with Gasteiger partial charge in [0.25, 0.3) is 0 Å². The third kappa shape index (κ3) is 4.81. The van der Waals surface area contributed by atoms with Gasteiger partial charge in [-0.15, -0.1) is 0 Å². The summed E-state index contributed by atoms with van der Waals surface area (Å²) < 4.78 is 5.41. The predicted molar refractivity (Wildman–Crippen MR) is 95.0 cm³/mol. The predicted octanol–water partition coefficient (Wildman–Crippen LogP) is 2.88. The van der Waals surface area contributed by atoms with Crippen molar-refractivity contribution in [3.8, 4) is 0 Å². The van der Waals surface area contributed by atoms with Crippen molar-refractivity contribution in [2.45, 2.75) is 6.04 Å². The third-order valence-electron chi connectivity index (χ3n) is 4.08. The molecule has 1 aliphatic heterocycles. The molecule has 1 saturated heterocycles. The Kier molecular flexibility index (Phi) is 5.82. The van der Waals surface area contributed by atoms with Gasteiger partial charge < -0.3 is 15.4 Å². The van der Waals surface area contributed by atoms with Crippen molar-refractivity contribution in [2.75, 3.05) is 38.2 Å². The van der Waals surface area contributed by atoms with E-state index in [1.807, 2.05) is 60.7 Å². The minimum absolute atomic E-state index is 0.0620. The maximum absolute atomic E-state index is 12.4. The summed E-state index contributed by atoms with van der Waals surface area (Å²) in [7, 11) is 0. The van der Waals surface area contributed by atoms with E-state index in [0.29, 0.717) is 0 Å². The van der Waals surface area contributed by atoms with Crippen LogP contribution in [0.15, 0.2) is 60.7 Å². The second kappa shape index (κ2) is 8.47. The minimum atomic E-state index is -0.191. The Balaban J connectivity index is 1.66. The Morgan fingerprint density at radius 1 is 1.00 bits per heavy atom. The molecule has 3 rings (SSSR count). The summed E-state index contributed by atoms with van der Waals surface area (Å²) in [6, 6.07) is 19.3. The average molecular weight is 325 g/mol. The Labute approximate surface area is 142 Å². The zero-order valence-corrected chi connectivity index (χ0v) is 13.7. The molecule has 1 fully saturated rings. The molecule has 0 saturated carbocycles. The highest BCUT2D eigenvalue weighted by Gasteiger charge is 2.20. The van der Waals surface area contributed by atoms with E-state index < -0.39 is 0 Å². The second-order valence-corrected chi connectivity index (χ2v) is 5.84. The van der Waals surface area contributed by atoms with Gasteiger partial charge in [-0.1, -0.05) is 48.5 Å². The van der Waals surface area contributed by atoms with Crippen LogP contribution in [0.5, 0.6) is 0 Å². The molecule has 0 unspecified atom stereocenters. The summed E-state index contributed by atoms with van der Waals surface area (Å²) in [5, 5.41) is 5.98. The molecule has 1 heterocycles. The topological polar surface area (TPSA) is 53.6 Å². The van der Waals surface area contributed by atoms with Crippen LogP contribution >= 0.6 is 0 Å². The van der Waals surface area contributed by atoms with Gasteiger partial charge in [-0.3, -0.25) is 4.90 Å². The molecule has 1 aliphatic rings. The smallest absolute Gasteiger partial charge is 0.319 e. The molecule has 126 valence electrons. The van der Waals surface area contributed by atoms with Crippen molar-refractivity contribution < 1.29 is 9.53 Å². The first kappa shape index (κ1) is 16.5. The highest BCUT2D eigenvalue weighted by Crippen LogP contribution is 2.16. The van der Waals surface area contributed by atoms with Crippen LogP contribution in [0.3, 0.4) is 0 Å². The van der Waals surface area contributed by atoms with Crippen molar-refractivity contribution >= 4 is 11.7 Å². The molecule has 0 bridgehead atoms. The number of hydrogen-bond donors (Lipinski definition) is 2. The van der Waals surface area contributed by atoms with E-state index in [-0.39, 0.29) is 12.1 Å². The van der Waals surface area contributed by atoms with E-state index in [9.17, 15) is 4.79 Å². The molecular weight excluding hydrogens is 302 g/mol. The largest absolute Gasteiger partial charge is 0.379 e. The van der Waals surface area contributed by atoms with Crippen molar-refractivity contribution in [3.63, 3.8) is 0 Å². The number of amides is 2. The maximum atomic E-state index is 12.4. The summed E-state index contributed by atoms with van der Waals surface area (Å²) in [6.07, 6.45) is 0. The van der Waals surface area contributed by atoms with Gasteiger partial charge in [0.1, 0.15) is 0 Å². The molecule has 2 aromatic carbocycles. The molecule has 1 atom stereocenters. The number of para-hydroxylation sites is 1. The fourth-order valence-electron chi connectivity index (χ4n) is 2.81. The van der Waals surface area contributed by atoms with Crippen LogP contribution in [0.4, 0.5) is 10.5 Å². The van der Waals surface area contributed by atoms with E-state index in [1.165, 1.54) is 0 Å². The number of anilines is 1. The van der Waals surface area contributed by atoms with E-state index in [2.05, 4.69) is 15.5 Å². The van der Waals surface area contributed by atoms with Gasteiger partial charge in [0, 0.05) is 25.3 Å². The van der Waals surface area contributed by atoms with Gasteiger partial charge in [0.05, 0.1) is 19.3 Å². The van der Waals surface area contributed by atoms with Crippen LogP contribution in [0, 0.1) is 0 Å². The normalized spacial score (nSPS) is 16.3. The quantitative estimate of drug-likeness (QED) is 0.889. The van der Waals surface area contributed by atoms with Crippen LogP contribution in [0.25, 0.3) is 0 Å². The van der Waals surface area contributed by atoms with Gasteiger partial charge in [-0.25, -0.2) is 4.79 Å². The van der Waals surface area contributed by atoms with Crippen LogP contribution in [-0.4, -0.2) is 43.8 Å². The highest BCUT2D eigenvalue weighted by molar-refractivity contribution is 5.89. The summed E-state index contributed by atoms with van der Waals surface area (Å²) in [5.74, 6) is 0. The Hall–Kier alpha value is -2.37. The molecular formula is C19H23N3O2. The molecule has 0 aromatic heterocycles. The molecule has 5 nitrogen and oxygen atoms in total. The monoisotopic (exact) mass is 325 g/mol. The average Bonchev–Trinajstić information content (AvgIpc) is 2.63. The van der Waals surface area contributed by atoms with Gasteiger partial charge in [0.2, 0.25) is 0 Å². The zero-order chi connectivity index (χ0) is 16.6. The van der Waals surface area contributed by atoms with E-state index >= 15 is 0 Å². The number of carbonyl (C=O) groups excluding carboxylic acids is 1. The van der Waals surface area contributed by atoms with Gasteiger partial charge in [-0.05, 0) is 17.7 Å². The number of urea groups is 1. The molecule has 24 heavy (non-hydrogen) atoms. The molecule has 0 radical (unpaired) electrons. The number of rotatable bonds is 5. The number of carbonyl (C=O) groups is 1. The number of morpholine rings is 1. The minimum Gasteiger partial charge on any atom is -0.379 e.